The molecule has 2 aromatic rings. The molecule has 2 aromatic heterocycles. The SMILES string of the molecule is COc1cc(C(Cc2ccnc(N)c2)NN)ncn1. The molecule has 0 fully saturated rings. The van der Waals surface area contributed by atoms with Gasteiger partial charge in [0.2, 0.25) is 5.88 Å². The van der Waals surface area contributed by atoms with Crippen LogP contribution in [0.5, 0.6) is 5.88 Å². The van der Waals surface area contributed by atoms with E-state index in [1.165, 1.54) is 6.33 Å². The van der Waals surface area contributed by atoms with Crippen LogP contribution in [-0.4, -0.2) is 22.1 Å². The highest BCUT2D eigenvalue weighted by molar-refractivity contribution is 5.32. The van der Waals surface area contributed by atoms with Crippen molar-refractivity contribution >= 4 is 5.82 Å². The smallest absolute Gasteiger partial charge is 0.216 e. The Labute approximate surface area is 111 Å². The summed E-state index contributed by atoms with van der Waals surface area (Å²) in [5, 5.41) is 0. The molecule has 0 spiro atoms. The minimum atomic E-state index is -0.154. The molecule has 100 valence electrons. The molecular weight excluding hydrogens is 244 g/mol. The van der Waals surface area contributed by atoms with Crippen molar-refractivity contribution in [1.29, 1.82) is 0 Å². The topological polar surface area (TPSA) is 112 Å². The molecule has 7 nitrogen and oxygen atoms in total. The number of nitrogen functional groups attached to an aromatic ring is 1. The van der Waals surface area contributed by atoms with Crippen LogP contribution in [0.25, 0.3) is 0 Å². The number of rotatable bonds is 5. The second-order valence-electron chi connectivity index (χ2n) is 4.00. The van der Waals surface area contributed by atoms with Gasteiger partial charge in [-0.3, -0.25) is 11.3 Å². The fraction of sp³-hybridized carbons (Fsp3) is 0.250. The van der Waals surface area contributed by atoms with E-state index in [4.69, 9.17) is 16.3 Å². The Kier molecular flexibility index (Phi) is 4.22. The average molecular weight is 260 g/mol. The van der Waals surface area contributed by atoms with Crippen LogP contribution in [0.4, 0.5) is 5.82 Å². The molecule has 0 aliphatic heterocycles. The van der Waals surface area contributed by atoms with Gasteiger partial charge in [-0.2, -0.15) is 0 Å². The van der Waals surface area contributed by atoms with Gasteiger partial charge >= 0.3 is 0 Å². The van der Waals surface area contributed by atoms with E-state index in [-0.39, 0.29) is 6.04 Å². The minimum absolute atomic E-state index is 0.154. The second kappa shape index (κ2) is 6.07. The number of nitrogens with zero attached hydrogens (tertiary/aromatic N) is 3. The molecule has 7 heteroatoms. The number of hydrogen-bond donors (Lipinski definition) is 3. The lowest BCUT2D eigenvalue weighted by atomic mass is 10.0. The summed E-state index contributed by atoms with van der Waals surface area (Å²) in [5.41, 5.74) is 10.2. The largest absolute Gasteiger partial charge is 0.481 e. The van der Waals surface area contributed by atoms with E-state index in [1.54, 1.807) is 19.4 Å². The number of anilines is 1. The molecule has 19 heavy (non-hydrogen) atoms. The first-order valence-electron chi connectivity index (χ1n) is 5.75. The lowest BCUT2D eigenvalue weighted by Gasteiger charge is -2.15. The third-order valence-corrected chi connectivity index (χ3v) is 2.72. The number of pyridine rings is 1. The fourth-order valence-electron chi connectivity index (χ4n) is 1.76. The van der Waals surface area contributed by atoms with Gasteiger partial charge in [0.15, 0.2) is 0 Å². The maximum atomic E-state index is 5.65. The molecule has 0 aliphatic carbocycles. The first-order valence-corrected chi connectivity index (χ1v) is 5.75. The summed E-state index contributed by atoms with van der Waals surface area (Å²) < 4.78 is 5.07. The quantitative estimate of drug-likeness (QED) is 0.520. The molecule has 2 heterocycles. The summed E-state index contributed by atoms with van der Waals surface area (Å²) in [6, 6.07) is 5.29. The molecule has 1 atom stereocenters. The van der Waals surface area contributed by atoms with E-state index in [0.717, 1.165) is 11.3 Å². The Morgan fingerprint density at radius 3 is 2.84 bits per heavy atom. The van der Waals surface area contributed by atoms with Crippen LogP contribution in [0, 0.1) is 0 Å². The van der Waals surface area contributed by atoms with Crippen molar-refractivity contribution in [1.82, 2.24) is 20.4 Å². The molecule has 0 saturated heterocycles. The third kappa shape index (κ3) is 3.36. The molecule has 0 saturated carbocycles. The number of nitrogens with one attached hydrogen (secondary N) is 1. The van der Waals surface area contributed by atoms with Crippen molar-refractivity contribution < 1.29 is 4.74 Å². The highest BCUT2D eigenvalue weighted by atomic mass is 16.5. The Bertz CT molecular complexity index is 547. The maximum Gasteiger partial charge on any atom is 0.216 e. The lowest BCUT2D eigenvalue weighted by Crippen LogP contribution is -2.30. The number of hydrogen-bond acceptors (Lipinski definition) is 7. The molecule has 0 bridgehead atoms. The van der Waals surface area contributed by atoms with Gasteiger partial charge in [-0.25, -0.2) is 15.0 Å². The number of ether oxygens (including phenoxy) is 1. The highest BCUT2D eigenvalue weighted by Crippen LogP contribution is 2.18. The zero-order chi connectivity index (χ0) is 13.7. The summed E-state index contributed by atoms with van der Waals surface area (Å²) in [6.45, 7) is 0. The van der Waals surface area contributed by atoms with Crippen molar-refractivity contribution in [2.45, 2.75) is 12.5 Å². The van der Waals surface area contributed by atoms with E-state index in [9.17, 15) is 0 Å². The van der Waals surface area contributed by atoms with Crippen LogP contribution in [0.15, 0.2) is 30.7 Å². The molecule has 0 aromatic carbocycles. The van der Waals surface area contributed by atoms with Crippen LogP contribution in [0.3, 0.4) is 0 Å². The van der Waals surface area contributed by atoms with Gasteiger partial charge in [-0.1, -0.05) is 0 Å². The van der Waals surface area contributed by atoms with Crippen molar-refractivity contribution in [3.8, 4) is 5.88 Å². The normalized spacial score (nSPS) is 12.1. The van der Waals surface area contributed by atoms with Crippen molar-refractivity contribution in [3.05, 3.63) is 42.0 Å². The summed E-state index contributed by atoms with van der Waals surface area (Å²) in [5.74, 6) is 6.56. The Balaban J connectivity index is 2.19. The van der Waals surface area contributed by atoms with Crippen molar-refractivity contribution in [2.75, 3.05) is 12.8 Å². The number of methoxy groups -OCH3 is 1. The first-order chi connectivity index (χ1) is 9.22. The summed E-state index contributed by atoms with van der Waals surface area (Å²) in [7, 11) is 1.56. The Morgan fingerprint density at radius 1 is 1.32 bits per heavy atom. The van der Waals surface area contributed by atoms with Gasteiger partial charge in [0.1, 0.15) is 12.1 Å². The average Bonchev–Trinajstić information content (AvgIpc) is 2.45. The van der Waals surface area contributed by atoms with E-state index in [2.05, 4.69) is 20.4 Å². The Morgan fingerprint density at radius 2 is 2.16 bits per heavy atom. The fourth-order valence-corrected chi connectivity index (χ4v) is 1.76. The maximum absolute atomic E-state index is 5.65. The predicted octanol–water partition coefficient (Wildman–Crippen LogP) is 0.209. The second-order valence-corrected chi connectivity index (χ2v) is 4.00. The van der Waals surface area contributed by atoms with E-state index in [0.29, 0.717) is 18.1 Å². The van der Waals surface area contributed by atoms with Crippen molar-refractivity contribution in [3.63, 3.8) is 0 Å². The third-order valence-electron chi connectivity index (χ3n) is 2.72. The monoisotopic (exact) mass is 260 g/mol. The zero-order valence-corrected chi connectivity index (χ0v) is 10.6. The van der Waals surface area contributed by atoms with E-state index < -0.39 is 0 Å². The van der Waals surface area contributed by atoms with Gasteiger partial charge in [0.25, 0.3) is 0 Å². The van der Waals surface area contributed by atoms with Crippen molar-refractivity contribution in [2.24, 2.45) is 5.84 Å². The van der Waals surface area contributed by atoms with E-state index in [1.807, 2.05) is 12.1 Å². The molecule has 0 radical (unpaired) electrons. The number of aromatic nitrogens is 3. The van der Waals surface area contributed by atoms with Gasteiger partial charge in [0, 0.05) is 12.3 Å². The highest BCUT2D eigenvalue weighted by Gasteiger charge is 2.13. The first kappa shape index (κ1) is 13.2. The summed E-state index contributed by atoms with van der Waals surface area (Å²) >= 11 is 0. The lowest BCUT2D eigenvalue weighted by molar-refractivity contribution is 0.393. The van der Waals surface area contributed by atoms with Gasteiger partial charge in [-0.15, -0.1) is 0 Å². The van der Waals surface area contributed by atoms with Crippen LogP contribution in [0.2, 0.25) is 0 Å². The summed E-state index contributed by atoms with van der Waals surface area (Å²) in [4.78, 5) is 12.1. The van der Waals surface area contributed by atoms with Crippen LogP contribution >= 0.6 is 0 Å². The zero-order valence-electron chi connectivity index (χ0n) is 10.6. The number of hydrazine groups is 1. The molecular formula is C12H16N6O. The predicted molar refractivity (Wildman–Crippen MR) is 71.0 cm³/mol. The van der Waals surface area contributed by atoms with E-state index >= 15 is 0 Å². The molecule has 1 unspecified atom stereocenters. The van der Waals surface area contributed by atoms with Crippen LogP contribution < -0.4 is 21.7 Å². The number of nitrogens with two attached hydrogens (primary N) is 2. The molecule has 0 amide bonds. The van der Waals surface area contributed by atoms with Gasteiger partial charge in [-0.05, 0) is 24.1 Å². The summed E-state index contributed by atoms with van der Waals surface area (Å²) in [6.07, 6.45) is 3.75. The standard InChI is InChI=1S/C12H16N6O/c1-19-12-6-9(16-7-17-12)10(18-14)4-8-2-3-15-11(13)5-8/h2-3,5-7,10,18H,4,14H2,1H3,(H2,13,15). The van der Waals surface area contributed by atoms with Gasteiger partial charge < -0.3 is 10.5 Å². The minimum Gasteiger partial charge on any atom is -0.481 e. The van der Waals surface area contributed by atoms with Crippen LogP contribution in [0.1, 0.15) is 17.3 Å². The molecule has 0 aliphatic rings. The Hall–Kier alpha value is -2.25. The molecule has 5 N–H and O–H groups in total. The van der Waals surface area contributed by atoms with Gasteiger partial charge in [0.05, 0.1) is 18.8 Å². The molecule has 2 rings (SSSR count). The van der Waals surface area contributed by atoms with Crippen LogP contribution in [-0.2, 0) is 6.42 Å².